The molecule has 2 aliphatic heterocycles. The molecule has 3 aliphatic rings. The normalized spacial score (nSPS) is 25.8. The zero-order chi connectivity index (χ0) is 21.0. The fraction of sp³-hybridized carbons (Fsp3) is 0.412. The molecule has 0 radical (unpaired) electrons. The summed E-state index contributed by atoms with van der Waals surface area (Å²) in [5, 5.41) is 16.3. The first kappa shape index (κ1) is 19.7. The summed E-state index contributed by atoms with van der Waals surface area (Å²) in [6.45, 7) is 0. The molecule has 0 aromatic heterocycles. The topological polar surface area (TPSA) is 154 Å². The van der Waals surface area contributed by atoms with Crippen LogP contribution in [-0.4, -0.2) is 46.0 Å². The molecule has 2 unspecified atom stereocenters. The summed E-state index contributed by atoms with van der Waals surface area (Å²) in [7, 11) is -7.82. The third kappa shape index (κ3) is 3.69. The van der Waals surface area contributed by atoms with Gasteiger partial charge < -0.3 is 15.7 Å². The van der Waals surface area contributed by atoms with Crippen molar-refractivity contribution >= 4 is 43.2 Å². The van der Waals surface area contributed by atoms with Crippen molar-refractivity contribution in [2.45, 2.75) is 36.6 Å². The van der Waals surface area contributed by atoms with Gasteiger partial charge in [0, 0.05) is 17.6 Å². The minimum Gasteiger partial charge on any atom is -0.511 e. The second-order valence-electron chi connectivity index (χ2n) is 7.36. The van der Waals surface area contributed by atoms with Crippen LogP contribution >= 0.6 is 0 Å². The summed E-state index contributed by atoms with van der Waals surface area (Å²) in [6.07, 6.45) is 4.26. The van der Waals surface area contributed by atoms with Crippen LogP contribution in [0.25, 0.3) is 0 Å². The minimum atomic E-state index is -4.23. The first-order chi connectivity index (χ1) is 13.5. The third-order valence-corrected chi connectivity index (χ3v) is 7.10. The number of carbonyl (C=O) groups is 1. The molecule has 1 saturated carbocycles. The molecule has 12 heteroatoms. The number of hydrogen-bond acceptors (Lipinski definition) is 7. The molecule has 1 fully saturated rings. The van der Waals surface area contributed by atoms with Gasteiger partial charge in [0.1, 0.15) is 16.2 Å². The lowest BCUT2D eigenvalue weighted by molar-refractivity contribution is -0.119. The number of benzene rings is 1. The van der Waals surface area contributed by atoms with E-state index in [1.54, 1.807) is 0 Å². The lowest BCUT2D eigenvalue weighted by Crippen LogP contribution is -2.50. The molecule has 0 bridgehead atoms. The molecule has 10 nitrogen and oxygen atoms in total. The third-order valence-electron chi connectivity index (χ3n) is 5.18. The Labute approximate surface area is 168 Å². The van der Waals surface area contributed by atoms with Gasteiger partial charge in [-0.1, -0.05) is 12.8 Å². The number of hydrogen-bond donors (Lipinski definition) is 4. The molecule has 4 rings (SSSR count). The van der Waals surface area contributed by atoms with Crippen LogP contribution < -0.4 is 15.4 Å². The molecule has 1 aromatic carbocycles. The van der Waals surface area contributed by atoms with E-state index in [2.05, 4.69) is 19.8 Å². The smallest absolute Gasteiger partial charge is 0.286 e. The van der Waals surface area contributed by atoms with Crippen LogP contribution in [-0.2, 0) is 24.8 Å². The van der Waals surface area contributed by atoms with E-state index < -0.39 is 26.0 Å². The van der Waals surface area contributed by atoms with Crippen LogP contribution in [0, 0.1) is 5.92 Å². The van der Waals surface area contributed by atoms with Gasteiger partial charge in [-0.25, -0.2) is 8.42 Å². The van der Waals surface area contributed by atoms with Gasteiger partial charge in [0.2, 0.25) is 10.0 Å². The standard InChI is InChI=1S/C17H20N4O6S2/c1-28(24,25)20-9-6-7-12-13(8-9)29(26,27)21-16(18-12)14-15(22)10-4-2-3-5-11(10)19-17(14)23/h6-8,10-11,20,22H,2-5H2,1H3,(H,18,21)(H,19,23). The van der Waals surface area contributed by atoms with E-state index in [9.17, 15) is 26.7 Å². The average molecular weight is 441 g/mol. The van der Waals surface area contributed by atoms with Crippen molar-refractivity contribution in [3.63, 3.8) is 0 Å². The van der Waals surface area contributed by atoms with Crippen molar-refractivity contribution in [3.05, 3.63) is 29.5 Å². The number of carbonyl (C=O) groups excluding carboxylic acids is 1. The van der Waals surface area contributed by atoms with E-state index in [1.807, 2.05) is 0 Å². The molecular formula is C17H20N4O6S2. The van der Waals surface area contributed by atoms with Crippen LogP contribution in [0.15, 0.2) is 38.8 Å². The molecule has 1 aromatic rings. The Hall–Kier alpha value is -2.60. The number of rotatable bonds is 3. The first-order valence-electron chi connectivity index (χ1n) is 9.03. The van der Waals surface area contributed by atoms with Crippen LogP contribution in [0.2, 0.25) is 0 Å². The Morgan fingerprint density at radius 1 is 1.24 bits per heavy atom. The molecule has 1 aliphatic carbocycles. The highest BCUT2D eigenvalue weighted by Crippen LogP contribution is 2.36. The molecule has 1 amide bonds. The van der Waals surface area contributed by atoms with Crippen LogP contribution in [0.5, 0.6) is 0 Å². The molecule has 0 saturated heterocycles. The summed E-state index contributed by atoms with van der Waals surface area (Å²) in [4.78, 5) is 12.3. The summed E-state index contributed by atoms with van der Waals surface area (Å²) in [5.74, 6) is -1.25. The number of sulfonamides is 2. The number of aliphatic hydroxyl groups is 1. The number of nitrogens with zero attached hydrogens (tertiary/aromatic N) is 1. The lowest BCUT2D eigenvalue weighted by Gasteiger charge is -2.36. The van der Waals surface area contributed by atoms with E-state index in [0.717, 1.165) is 31.6 Å². The number of amidine groups is 1. The highest BCUT2D eigenvalue weighted by molar-refractivity contribution is 7.92. The lowest BCUT2D eigenvalue weighted by atomic mass is 9.79. The predicted molar refractivity (Wildman–Crippen MR) is 107 cm³/mol. The summed E-state index contributed by atoms with van der Waals surface area (Å²) < 4.78 is 54.1. The van der Waals surface area contributed by atoms with Crippen molar-refractivity contribution in [1.82, 2.24) is 5.32 Å². The van der Waals surface area contributed by atoms with Gasteiger partial charge in [0.15, 0.2) is 5.84 Å². The van der Waals surface area contributed by atoms with Crippen molar-refractivity contribution in [3.8, 4) is 0 Å². The summed E-state index contributed by atoms with van der Waals surface area (Å²) in [5.41, 5.74) is 0.0198. The fourth-order valence-corrected chi connectivity index (χ4v) is 5.65. The Kier molecular flexibility index (Phi) is 4.57. The van der Waals surface area contributed by atoms with Gasteiger partial charge in [-0.15, -0.1) is 4.40 Å². The van der Waals surface area contributed by atoms with Gasteiger partial charge in [-0.05, 0) is 31.0 Å². The van der Waals surface area contributed by atoms with Gasteiger partial charge in [0.05, 0.1) is 11.9 Å². The number of fused-ring (bicyclic) bond motifs is 2. The highest BCUT2D eigenvalue weighted by Gasteiger charge is 2.41. The highest BCUT2D eigenvalue weighted by atomic mass is 32.2. The van der Waals surface area contributed by atoms with Crippen LogP contribution in [0.4, 0.5) is 11.4 Å². The van der Waals surface area contributed by atoms with Crippen molar-refractivity contribution in [2.24, 2.45) is 10.3 Å². The zero-order valence-corrected chi connectivity index (χ0v) is 17.1. The number of aliphatic hydroxyl groups excluding tert-OH is 1. The predicted octanol–water partition coefficient (Wildman–Crippen LogP) is 1.07. The Bertz CT molecular complexity index is 1170. The Morgan fingerprint density at radius 2 is 1.97 bits per heavy atom. The first-order valence-corrected chi connectivity index (χ1v) is 12.4. The second kappa shape index (κ2) is 6.73. The van der Waals surface area contributed by atoms with Gasteiger partial charge >= 0.3 is 0 Å². The Balaban J connectivity index is 1.75. The van der Waals surface area contributed by atoms with Crippen LogP contribution in [0.1, 0.15) is 25.7 Å². The van der Waals surface area contributed by atoms with E-state index in [-0.39, 0.29) is 45.4 Å². The largest absolute Gasteiger partial charge is 0.511 e. The van der Waals surface area contributed by atoms with Gasteiger partial charge in [0.25, 0.3) is 15.9 Å². The molecule has 0 spiro atoms. The second-order valence-corrected chi connectivity index (χ2v) is 10.7. The molecule has 2 heterocycles. The maximum Gasteiger partial charge on any atom is 0.286 e. The van der Waals surface area contributed by atoms with Gasteiger partial charge in [-0.3, -0.25) is 9.52 Å². The maximum atomic E-state index is 12.7. The average Bonchev–Trinajstić information content (AvgIpc) is 2.60. The minimum absolute atomic E-state index is 0.0674. The van der Waals surface area contributed by atoms with Crippen molar-refractivity contribution < 1.29 is 26.7 Å². The monoisotopic (exact) mass is 440 g/mol. The van der Waals surface area contributed by atoms with E-state index in [4.69, 9.17) is 0 Å². The van der Waals surface area contributed by atoms with Crippen LogP contribution in [0.3, 0.4) is 0 Å². The van der Waals surface area contributed by atoms with E-state index in [1.165, 1.54) is 12.1 Å². The van der Waals surface area contributed by atoms with E-state index in [0.29, 0.717) is 6.42 Å². The number of nitrogens with one attached hydrogen (secondary N) is 3. The molecule has 29 heavy (non-hydrogen) atoms. The molecule has 2 atom stereocenters. The Morgan fingerprint density at radius 3 is 2.69 bits per heavy atom. The summed E-state index contributed by atoms with van der Waals surface area (Å²) in [6, 6.07) is 3.73. The SMILES string of the molecule is CS(=O)(=O)Nc1ccc2c(c1)S(=O)(=O)N=C(C1=C(O)C3CCCCC3NC1=O)N2. The molecule has 156 valence electrons. The molecule has 4 N–H and O–H groups in total. The fourth-order valence-electron chi connectivity index (χ4n) is 3.95. The van der Waals surface area contributed by atoms with Gasteiger partial charge in [-0.2, -0.15) is 8.42 Å². The summed E-state index contributed by atoms with van der Waals surface area (Å²) >= 11 is 0. The number of anilines is 2. The zero-order valence-electron chi connectivity index (χ0n) is 15.5. The molecular weight excluding hydrogens is 420 g/mol. The number of amides is 1. The van der Waals surface area contributed by atoms with E-state index >= 15 is 0 Å². The maximum absolute atomic E-state index is 12.7. The quantitative estimate of drug-likeness (QED) is 0.548. The van der Waals surface area contributed by atoms with Crippen molar-refractivity contribution in [1.29, 1.82) is 0 Å². The van der Waals surface area contributed by atoms with Crippen molar-refractivity contribution in [2.75, 3.05) is 16.3 Å².